The zero-order chi connectivity index (χ0) is 23.6. The Hall–Kier alpha value is -2.43. The number of aromatic amines is 1. The summed E-state index contributed by atoms with van der Waals surface area (Å²) in [4.78, 5) is 18.2. The molecule has 0 spiro atoms. The lowest BCUT2D eigenvalue weighted by atomic mass is 10.1. The number of alkyl halides is 2. The second kappa shape index (κ2) is 9.82. The van der Waals surface area contributed by atoms with Crippen molar-refractivity contribution in [3.05, 3.63) is 28.9 Å². The van der Waals surface area contributed by atoms with Crippen LogP contribution in [0.15, 0.2) is 28.5 Å². The van der Waals surface area contributed by atoms with Crippen LogP contribution in [0, 0.1) is 0 Å². The zero-order valence-corrected chi connectivity index (χ0v) is 20.1. The fourth-order valence-electron chi connectivity index (χ4n) is 3.83. The Morgan fingerprint density at radius 3 is 2.82 bits per heavy atom. The Labute approximate surface area is 199 Å². The van der Waals surface area contributed by atoms with Crippen LogP contribution < -0.4 is 9.47 Å². The zero-order valence-electron chi connectivity index (χ0n) is 18.5. The van der Waals surface area contributed by atoms with Crippen LogP contribution in [0.2, 0.25) is 5.02 Å². The Balaban J connectivity index is 1.70. The van der Waals surface area contributed by atoms with Gasteiger partial charge >= 0.3 is 0 Å². The minimum atomic E-state index is -2.63. The van der Waals surface area contributed by atoms with Crippen LogP contribution in [-0.2, 0) is 0 Å². The van der Waals surface area contributed by atoms with Crippen LogP contribution in [0.3, 0.4) is 0 Å². The van der Waals surface area contributed by atoms with Gasteiger partial charge in [-0.05, 0) is 12.3 Å². The third-order valence-electron chi connectivity index (χ3n) is 5.41. The molecule has 0 amide bonds. The van der Waals surface area contributed by atoms with Crippen LogP contribution in [0.4, 0.5) is 8.78 Å². The van der Waals surface area contributed by atoms with Gasteiger partial charge in [-0.1, -0.05) is 23.4 Å². The number of H-pyrrole nitrogens is 1. The highest BCUT2D eigenvalue weighted by Crippen LogP contribution is 2.41. The SMILES string of the molecule is CN=Cc1c[nH]c2nc(SC)nc(-c3cc(OCCN4CCC(F)(F)C4)c(OC)cc3Cl)c12. The Bertz CT molecular complexity index is 1190. The smallest absolute Gasteiger partial charge is 0.261 e. The Morgan fingerprint density at radius 2 is 2.15 bits per heavy atom. The van der Waals surface area contributed by atoms with Crippen molar-refractivity contribution >= 4 is 40.6 Å². The largest absolute Gasteiger partial charge is 0.493 e. The maximum atomic E-state index is 13.5. The number of aliphatic imine (C=N–C) groups is 1. The summed E-state index contributed by atoms with van der Waals surface area (Å²) in [6.45, 7) is 0.733. The molecule has 7 nitrogen and oxygen atoms in total. The molecule has 0 saturated carbocycles. The van der Waals surface area contributed by atoms with Crippen LogP contribution in [0.1, 0.15) is 12.0 Å². The molecule has 33 heavy (non-hydrogen) atoms. The van der Waals surface area contributed by atoms with Gasteiger partial charge in [-0.3, -0.25) is 9.89 Å². The number of thioether (sulfide) groups is 1. The highest BCUT2D eigenvalue weighted by atomic mass is 35.5. The highest BCUT2D eigenvalue weighted by Gasteiger charge is 2.37. The predicted molar refractivity (Wildman–Crippen MR) is 128 cm³/mol. The van der Waals surface area contributed by atoms with Gasteiger partial charge in [-0.15, -0.1) is 0 Å². The van der Waals surface area contributed by atoms with Gasteiger partial charge in [0.1, 0.15) is 12.3 Å². The van der Waals surface area contributed by atoms with Crippen molar-refractivity contribution in [3.8, 4) is 22.8 Å². The quantitative estimate of drug-likeness (QED) is 0.275. The first-order valence-corrected chi connectivity index (χ1v) is 11.9. The monoisotopic (exact) mass is 495 g/mol. The van der Waals surface area contributed by atoms with Crippen molar-refractivity contribution in [2.45, 2.75) is 17.5 Å². The number of methoxy groups -OCH3 is 1. The van der Waals surface area contributed by atoms with E-state index in [1.54, 1.807) is 30.3 Å². The molecule has 176 valence electrons. The standard InChI is InChI=1S/C22H24ClF2N5O2S/c1-26-10-13-11-27-20-18(13)19(28-21(29-20)33-3)14-8-17(16(31-2)9-15(14)23)32-7-6-30-5-4-22(24,25)12-30/h8-11H,4-7,12H2,1-3H3,(H,27,28,29). The molecule has 0 bridgehead atoms. The molecule has 0 aliphatic carbocycles. The van der Waals surface area contributed by atoms with Crippen LogP contribution in [0.5, 0.6) is 11.5 Å². The second-order valence-electron chi connectivity index (χ2n) is 7.63. The van der Waals surface area contributed by atoms with Crippen molar-refractivity contribution < 1.29 is 18.3 Å². The molecule has 4 rings (SSSR count). The number of aromatic nitrogens is 3. The molecule has 1 aliphatic heterocycles. The van der Waals surface area contributed by atoms with E-state index in [2.05, 4.69) is 15.0 Å². The molecular weight excluding hydrogens is 472 g/mol. The maximum absolute atomic E-state index is 13.5. The topological polar surface area (TPSA) is 75.6 Å². The first-order chi connectivity index (χ1) is 15.8. The van der Waals surface area contributed by atoms with Gasteiger partial charge in [0.2, 0.25) is 0 Å². The highest BCUT2D eigenvalue weighted by molar-refractivity contribution is 7.98. The van der Waals surface area contributed by atoms with Crippen molar-refractivity contribution in [1.82, 2.24) is 19.9 Å². The molecule has 0 atom stereocenters. The number of hydrogen-bond acceptors (Lipinski definition) is 7. The lowest BCUT2D eigenvalue weighted by molar-refractivity contribution is 0.0112. The number of nitrogens with zero attached hydrogens (tertiary/aromatic N) is 4. The predicted octanol–water partition coefficient (Wildman–Crippen LogP) is 4.78. The van der Waals surface area contributed by atoms with Crippen molar-refractivity contribution in [3.63, 3.8) is 0 Å². The van der Waals surface area contributed by atoms with E-state index in [0.717, 1.165) is 10.9 Å². The number of fused-ring (bicyclic) bond motifs is 1. The molecule has 1 saturated heterocycles. The number of halogens is 3. The van der Waals surface area contributed by atoms with Gasteiger partial charge in [-0.25, -0.2) is 18.7 Å². The number of nitrogens with one attached hydrogen (secondary N) is 1. The number of likely N-dealkylation sites (tertiary alicyclic amines) is 1. The van der Waals surface area contributed by atoms with Gasteiger partial charge in [0.25, 0.3) is 5.92 Å². The Morgan fingerprint density at radius 1 is 1.33 bits per heavy atom. The van der Waals surface area contributed by atoms with Gasteiger partial charge in [-0.2, -0.15) is 0 Å². The van der Waals surface area contributed by atoms with Crippen LogP contribution >= 0.6 is 23.4 Å². The molecule has 1 aromatic carbocycles. The van der Waals surface area contributed by atoms with E-state index >= 15 is 0 Å². The Kier molecular flexibility index (Phi) is 7.06. The number of ether oxygens (including phenoxy) is 2. The molecule has 0 unspecified atom stereocenters. The summed E-state index contributed by atoms with van der Waals surface area (Å²) >= 11 is 8.06. The fourth-order valence-corrected chi connectivity index (χ4v) is 4.44. The lowest BCUT2D eigenvalue weighted by Gasteiger charge is -2.18. The van der Waals surface area contributed by atoms with E-state index in [4.69, 9.17) is 26.1 Å². The second-order valence-corrected chi connectivity index (χ2v) is 8.81. The van der Waals surface area contributed by atoms with Crippen LogP contribution in [-0.4, -0.2) is 78.6 Å². The summed E-state index contributed by atoms with van der Waals surface area (Å²) in [5.41, 5.74) is 2.79. The number of hydrogen-bond donors (Lipinski definition) is 1. The maximum Gasteiger partial charge on any atom is 0.261 e. The molecule has 3 aromatic rings. The average molecular weight is 496 g/mol. The first kappa shape index (κ1) is 23.7. The molecule has 2 aromatic heterocycles. The van der Waals surface area contributed by atoms with E-state index in [9.17, 15) is 8.78 Å². The average Bonchev–Trinajstić information content (AvgIpc) is 3.36. The number of rotatable bonds is 8. The lowest BCUT2D eigenvalue weighted by Crippen LogP contribution is -2.29. The summed E-state index contributed by atoms with van der Waals surface area (Å²) in [7, 11) is 3.22. The molecule has 0 radical (unpaired) electrons. The normalized spacial score (nSPS) is 16.2. The van der Waals surface area contributed by atoms with Gasteiger partial charge < -0.3 is 14.5 Å². The van der Waals surface area contributed by atoms with Crippen LogP contribution in [0.25, 0.3) is 22.3 Å². The summed E-state index contributed by atoms with van der Waals surface area (Å²) in [5.74, 6) is -1.72. The molecule has 1 aliphatic rings. The summed E-state index contributed by atoms with van der Waals surface area (Å²) in [6, 6.07) is 3.44. The summed E-state index contributed by atoms with van der Waals surface area (Å²) < 4.78 is 38.3. The van der Waals surface area contributed by atoms with Crippen molar-refractivity contribution in [2.75, 3.05) is 46.7 Å². The van der Waals surface area contributed by atoms with E-state index in [1.807, 2.05) is 12.5 Å². The fraction of sp³-hybridized carbons (Fsp3) is 0.409. The molecule has 1 fully saturated rings. The third kappa shape index (κ3) is 5.07. The first-order valence-electron chi connectivity index (χ1n) is 10.3. The minimum Gasteiger partial charge on any atom is -0.493 e. The van der Waals surface area contributed by atoms with Crippen molar-refractivity contribution in [1.29, 1.82) is 0 Å². The van der Waals surface area contributed by atoms with Gasteiger partial charge in [0.15, 0.2) is 16.7 Å². The number of benzene rings is 1. The van der Waals surface area contributed by atoms with E-state index in [-0.39, 0.29) is 19.6 Å². The summed E-state index contributed by atoms with van der Waals surface area (Å²) in [6.07, 6.45) is 5.32. The molecule has 1 N–H and O–H groups in total. The molecular formula is C22H24ClF2N5O2S. The van der Waals surface area contributed by atoms with E-state index < -0.39 is 5.92 Å². The molecule has 11 heteroatoms. The summed E-state index contributed by atoms with van der Waals surface area (Å²) in [5, 5.41) is 1.81. The van der Waals surface area contributed by atoms with E-state index in [0.29, 0.717) is 51.7 Å². The molecule has 3 heterocycles. The van der Waals surface area contributed by atoms with Gasteiger partial charge in [0.05, 0.1) is 29.8 Å². The third-order valence-corrected chi connectivity index (χ3v) is 6.27. The van der Waals surface area contributed by atoms with Crippen molar-refractivity contribution in [2.24, 2.45) is 4.99 Å². The van der Waals surface area contributed by atoms with E-state index in [1.165, 1.54) is 18.9 Å². The van der Waals surface area contributed by atoms with Gasteiger partial charge in [0, 0.05) is 56.2 Å². The minimum absolute atomic E-state index is 0.122.